The zero-order chi connectivity index (χ0) is 13.8. The van der Waals surface area contributed by atoms with Crippen LogP contribution in [0.15, 0.2) is 18.2 Å². The third kappa shape index (κ3) is 4.22. The van der Waals surface area contributed by atoms with E-state index >= 15 is 0 Å². The fourth-order valence-corrected chi connectivity index (χ4v) is 1.75. The number of hydrogen-bond donors (Lipinski definition) is 1. The number of ether oxygens (including phenoxy) is 2. The molecule has 1 rings (SSSR count). The van der Waals surface area contributed by atoms with Gasteiger partial charge in [0, 0.05) is 18.2 Å². The molecule has 102 valence electrons. The molecular weight excluding hydrogens is 226 g/mol. The van der Waals surface area contributed by atoms with Gasteiger partial charge in [-0.05, 0) is 30.5 Å². The SMILES string of the molecule is COc1ccc(OC)c(C(C)NCC(C)(C)C)c1. The molecule has 0 aliphatic heterocycles. The van der Waals surface area contributed by atoms with E-state index in [1.807, 2.05) is 18.2 Å². The number of methoxy groups -OCH3 is 2. The average molecular weight is 251 g/mol. The Bertz CT molecular complexity index is 383. The maximum absolute atomic E-state index is 5.40. The average Bonchev–Trinajstić information content (AvgIpc) is 2.34. The van der Waals surface area contributed by atoms with Crippen LogP contribution in [0, 0.1) is 5.41 Å². The minimum absolute atomic E-state index is 0.231. The normalized spacial score (nSPS) is 13.2. The van der Waals surface area contributed by atoms with Crippen LogP contribution in [0.2, 0.25) is 0 Å². The van der Waals surface area contributed by atoms with Gasteiger partial charge in [0.05, 0.1) is 14.2 Å². The first-order chi connectivity index (χ1) is 8.37. The van der Waals surface area contributed by atoms with Crippen LogP contribution in [0.1, 0.15) is 39.3 Å². The summed E-state index contributed by atoms with van der Waals surface area (Å²) >= 11 is 0. The zero-order valence-electron chi connectivity index (χ0n) is 12.3. The molecule has 0 heterocycles. The highest BCUT2D eigenvalue weighted by Gasteiger charge is 2.16. The van der Waals surface area contributed by atoms with E-state index in [9.17, 15) is 0 Å². The molecule has 0 saturated heterocycles. The second-order valence-electron chi connectivity index (χ2n) is 5.77. The van der Waals surface area contributed by atoms with Gasteiger partial charge < -0.3 is 14.8 Å². The maximum atomic E-state index is 5.40. The molecule has 0 bridgehead atoms. The Hall–Kier alpha value is -1.22. The van der Waals surface area contributed by atoms with Crippen molar-refractivity contribution in [2.75, 3.05) is 20.8 Å². The summed E-state index contributed by atoms with van der Waals surface area (Å²) in [6.45, 7) is 9.75. The summed E-state index contributed by atoms with van der Waals surface area (Å²) in [5, 5.41) is 3.53. The zero-order valence-corrected chi connectivity index (χ0v) is 12.3. The topological polar surface area (TPSA) is 30.5 Å². The summed E-state index contributed by atoms with van der Waals surface area (Å²) in [4.78, 5) is 0. The third-order valence-corrected chi connectivity index (χ3v) is 2.84. The first kappa shape index (κ1) is 14.8. The minimum Gasteiger partial charge on any atom is -0.497 e. The van der Waals surface area contributed by atoms with Crippen molar-refractivity contribution in [1.29, 1.82) is 0 Å². The quantitative estimate of drug-likeness (QED) is 0.870. The van der Waals surface area contributed by atoms with Crippen molar-refractivity contribution in [2.24, 2.45) is 5.41 Å². The summed E-state index contributed by atoms with van der Waals surface area (Å²) < 4.78 is 10.7. The number of nitrogens with one attached hydrogen (secondary N) is 1. The lowest BCUT2D eigenvalue weighted by Gasteiger charge is -2.24. The maximum Gasteiger partial charge on any atom is 0.123 e. The van der Waals surface area contributed by atoms with Crippen molar-refractivity contribution in [2.45, 2.75) is 33.7 Å². The molecule has 3 nitrogen and oxygen atoms in total. The Balaban J connectivity index is 2.85. The molecule has 1 aromatic rings. The molecule has 1 N–H and O–H groups in total. The highest BCUT2D eigenvalue weighted by molar-refractivity contribution is 5.42. The van der Waals surface area contributed by atoms with Gasteiger partial charge >= 0.3 is 0 Å². The van der Waals surface area contributed by atoms with E-state index in [-0.39, 0.29) is 11.5 Å². The van der Waals surface area contributed by atoms with Gasteiger partial charge in [-0.2, -0.15) is 0 Å². The summed E-state index contributed by atoms with van der Waals surface area (Å²) in [5.41, 5.74) is 1.39. The van der Waals surface area contributed by atoms with Crippen molar-refractivity contribution >= 4 is 0 Å². The third-order valence-electron chi connectivity index (χ3n) is 2.84. The molecule has 0 aliphatic rings. The first-order valence-corrected chi connectivity index (χ1v) is 6.32. The predicted molar refractivity (Wildman–Crippen MR) is 75.4 cm³/mol. The van der Waals surface area contributed by atoms with Crippen LogP contribution in [-0.4, -0.2) is 20.8 Å². The highest BCUT2D eigenvalue weighted by Crippen LogP contribution is 2.29. The second kappa shape index (κ2) is 6.10. The lowest BCUT2D eigenvalue weighted by molar-refractivity contribution is 0.350. The van der Waals surface area contributed by atoms with Crippen LogP contribution in [-0.2, 0) is 0 Å². The van der Waals surface area contributed by atoms with Crippen molar-refractivity contribution < 1.29 is 9.47 Å². The molecule has 1 unspecified atom stereocenters. The highest BCUT2D eigenvalue weighted by atomic mass is 16.5. The van der Waals surface area contributed by atoms with Gasteiger partial charge in [-0.1, -0.05) is 20.8 Å². The van der Waals surface area contributed by atoms with Crippen LogP contribution in [0.5, 0.6) is 11.5 Å². The van der Waals surface area contributed by atoms with Crippen molar-refractivity contribution in [3.63, 3.8) is 0 Å². The molecule has 0 saturated carbocycles. The summed E-state index contributed by atoms with van der Waals surface area (Å²) in [6.07, 6.45) is 0. The number of hydrogen-bond acceptors (Lipinski definition) is 3. The molecule has 0 radical (unpaired) electrons. The van der Waals surface area contributed by atoms with Crippen LogP contribution in [0.25, 0.3) is 0 Å². The van der Waals surface area contributed by atoms with Crippen molar-refractivity contribution in [3.8, 4) is 11.5 Å². The summed E-state index contributed by atoms with van der Waals surface area (Å²) in [5.74, 6) is 1.75. The van der Waals surface area contributed by atoms with Crippen molar-refractivity contribution in [3.05, 3.63) is 23.8 Å². The Morgan fingerprint density at radius 3 is 2.33 bits per heavy atom. The lowest BCUT2D eigenvalue weighted by atomic mass is 9.96. The second-order valence-corrected chi connectivity index (χ2v) is 5.77. The van der Waals surface area contributed by atoms with Crippen LogP contribution < -0.4 is 14.8 Å². The van der Waals surface area contributed by atoms with Crippen LogP contribution in [0.4, 0.5) is 0 Å². The molecule has 0 aromatic heterocycles. The molecule has 1 atom stereocenters. The standard InChI is InChI=1S/C15H25NO2/c1-11(16-10-15(2,3)4)13-9-12(17-5)7-8-14(13)18-6/h7-9,11,16H,10H2,1-6H3. The van der Waals surface area contributed by atoms with E-state index in [0.717, 1.165) is 23.6 Å². The summed E-state index contributed by atoms with van der Waals surface area (Å²) in [6, 6.07) is 6.12. The molecule has 3 heteroatoms. The molecule has 0 spiro atoms. The number of rotatable bonds is 5. The van der Waals surface area contributed by atoms with Crippen LogP contribution in [0.3, 0.4) is 0 Å². The first-order valence-electron chi connectivity index (χ1n) is 6.32. The van der Waals surface area contributed by atoms with Gasteiger partial charge in [0.2, 0.25) is 0 Å². The molecule has 1 aromatic carbocycles. The Labute approximate surface area is 110 Å². The molecule has 0 aliphatic carbocycles. The minimum atomic E-state index is 0.231. The van der Waals surface area contributed by atoms with E-state index in [1.54, 1.807) is 14.2 Å². The Morgan fingerprint density at radius 2 is 1.83 bits per heavy atom. The van der Waals surface area contributed by atoms with E-state index in [4.69, 9.17) is 9.47 Å². The van der Waals surface area contributed by atoms with Gasteiger partial charge in [0.1, 0.15) is 11.5 Å². The van der Waals surface area contributed by atoms with Gasteiger partial charge in [-0.3, -0.25) is 0 Å². The van der Waals surface area contributed by atoms with E-state index < -0.39 is 0 Å². The molecule has 0 amide bonds. The number of benzene rings is 1. The predicted octanol–water partition coefficient (Wildman–Crippen LogP) is 3.40. The van der Waals surface area contributed by atoms with E-state index in [1.165, 1.54) is 0 Å². The lowest BCUT2D eigenvalue weighted by Crippen LogP contribution is -2.29. The largest absolute Gasteiger partial charge is 0.497 e. The molecular formula is C15H25NO2. The van der Waals surface area contributed by atoms with Crippen molar-refractivity contribution in [1.82, 2.24) is 5.32 Å². The van der Waals surface area contributed by atoms with E-state index in [2.05, 4.69) is 33.0 Å². The Kier molecular flexibility index (Phi) is 5.03. The fourth-order valence-electron chi connectivity index (χ4n) is 1.75. The van der Waals surface area contributed by atoms with Gasteiger partial charge in [0.15, 0.2) is 0 Å². The smallest absolute Gasteiger partial charge is 0.123 e. The van der Waals surface area contributed by atoms with Gasteiger partial charge in [-0.25, -0.2) is 0 Å². The summed E-state index contributed by atoms with van der Waals surface area (Å²) in [7, 11) is 3.38. The fraction of sp³-hybridized carbons (Fsp3) is 0.600. The molecule has 18 heavy (non-hydrogen) atoms. The van der Waals surface area contributed by atoms with E-state index in [0.29, 0.717) is 0 Å². The van der Waals surface area contributed by atoms with Gasteiger partial charge in [-0.15, -0.1) is 0 Å². The molecule has 0 fully saturated rings. The van der Waals surface area contributed by atoms with Gasteiger partial charge in [0.25, 0.3) is 0 Å². The Morgan fingerprint density at radius 1 is 1.17 bits per heavy atom. The van der Waals surface area contributed by atoms with Crippen LogP contribution >= 0.6 is 0 Å². The monoisotopic (exact) mass is 251 g/mol.